The minimum Gasteiger partial charge on any atom is -0.348 e. The molecule has 0 aliphatic heterocycles. The van der Waals surface area contributed by atoms with E-state index in [4.69, 9.17) is 0 Å². The Kier molecular flexibility index (Phi) is 3.87. The summed E-state index contributed by atoms with van der Waals surface area (Å²) in [4.78, 5) is 11.2. The zero-order valence-corrected chi connectivity index (χ0v) is 11.1. The smallest absolute Gasteiger partial charge is 0.348 e. The van der Waals surface area contributed by atoms with Crippen LogP contribution in [0.15, 0.2) is 18.7 Å². The van der Waals surface area contributed by atoms with Gasteiger partial charge >= 0.3 is 6.18 Å². The lowest BCUT2D eigenvalue weighted by Crippen LogP contribution is -2.35. The van der Waals surface area contributed by atoms with E-state index in [0.29, 0.717) is 5.69 Å². The number of hydrogen-bond acceptors (Lipinski definition) is 2. The second-order valence-corrected chi connectivity index (χ2v) is 5.02. The molecule has 0 spiro atoms. The van der Waals surface area contributed by atoms with Crippen molar-refractivity contribution in [3.05, 3.63) is 30.1 Å². The van der Waals surface area contributed by atoms with Gasteiger partial charge in [-0.2, -0.15) is 18.3 Å². The highest BCUT2D eigenvalue weighted by molar-refractivity contribution is 5.87. The first kappa shape index (κ1) is 14.6. The van der Waals surface area contributed by atoms with E-state index in [1.54, 1.807) is 6.92 Å². The highest BCUT2D eigenvalue weighted by Gasteiger charge is 2.37. The number of carbonyl (C=O) groups excluding carboxylic acids is 1. The summed E-state index contributed by atoms with van der Waals surface area (Å²) in [6, 6.07) is 0.790. The highest BCUT2D eigenvalue weighted by Crippen LogP contribution is 2.42. The van der Waals surface area contributed by atoms with Crippen molar-refractivity contribution < 1.29 is 18.0 Å². The molecular weight excluding hydrogens is 271 g/mol. The van der Waals surface area contributed by atoms with Gasteiger partial charge in [0.05, 0.1) is 6.54 Å². The zero-order valence-electron chi connectivity index (χ0n) is 11.1. The molecule has 7 heteroatoms. The second kappa shape index (κ2) is 5.30. The van der Waals surface area contributed by atoms with E-state index < -0.39 is 11.9 Å². The molecule has 1 fully saturated rings. The summed E-state index contributed by atoms with van der Waals surface area (Å²) < 4.78 is 39.5. The number of hydrogen-bond donors (Lipinski definition) is 1. The lowest BCUT2D eigenvalue weighted by Gasteiger charge is -2.14. The number of amides is 1. The third-order valence-electron chi connectivity index (χ3n) is 3.12. The van der Waals surface area contributed by atoms with Gasteiger partial charge in [0.2, 0.25) is 5.91 Å². The summed E-state index contributed by atoms with van der Waals surface area (Å²) >= 11 is 0. The molecule has 1 N–H and O–H groups in total. The molecule has 4 nitrogen and oxygen atoms in total. The summed E-state index contributed by atoms with van der Waals surface area (Å²) in [6.45, 7) is 5.25. The predicted octanol–water partition coefficient (Wildman–Crippen LogP) is 2.47. The van der Waals surface area contributed by atoms with Crippen LogP contribution in [-0.2, 0) is 17.5 Å². The van der Waals surface area contributed by atoms with Gasteiger partial charge in [-0.15, -0.1) is 0 Å². The van der Waals surface area contributed by atoms with Crippen LogP contribution in [0.1, 0.15) is 37.1 Å². The predicted molar refractivity (Wildman–Crippen MR) is 67.0 cm³/mol. The van der Waals surface area contributed by atoms with E-state index in [1.165, 1.54) is 4.68 Å². The molecule has 1 aromatic rings. The molecule has 2 rings (SSSR count). The van der Waals surface area contributed by atoms with E-state index in [2.05, 4.69) is 17.0 Å². The fourth-order valence-electron chi connectivity index (χ4n) is 2.03. The Balaban J connectivity index is 2.15. The first-order chi connectivity index (χ1) is 9.31. The van der Waals surface area contributed by atoms with Crippen LogP contribution < -0.4 is 5.32 Å². The van der Waals surface area contributed by atoms with Crippen LogP contribution in [0.25, 0.3) is 0 Å². The standard InChI is InChI=1S/C13H16F3N3O/c1-3-12(20)17-8(2)7-19-10(9-4-5-9)6-11(18-19)13(14,15)16/h3,6,8-9H,1,4-5,7H2,2H3,(H,17,20). The largest absolute Gasteiger partial charge is 0.435 e. The number of alkyl halides is 3. The van der Waals surface area contributed by atoms with E-state index >= 15 is 0 Å². The van der Waals surface area contributed by atoms with Crippen molar-refractivity contribution >= 4 is 5.91 Å². The third kappa shape index (κ3) is 3.40. The summed E-state index contributed by atoms with van der Waals surface area (Å²) in [5, 5.41) is 6.24. The molecule has 1 aliphatic rings. The van der Waals surface area contributed by atoms with Crippen molar-refractivity contribution in [2.45, 2.75) is 44.4 Å². The average molecular weight is 287 g/mol. The third-order valence-corrected chi connectivity index (χ3v) is 3.12. The molecule has 1 amide bonds. The van der Waals surface area contributed by atoms with Gasteiger partial charge in [0.15, 0.2) is 5.69 Å². The van der Waals surface area contributed by atoms with Crippen LogP contribution in [0.2, 0.25) is 0 Å². The SMILES string of the molecule is C=CC(=O)NC(C)Cn1nc(C(F)(F)F)cc1C1CC1. The monoisotopic (exact) mass is 287 g/mol. The van der Waals surface area contributed by atoms with Crippen molar-refractivity contribution in [2.75, 3.05) is 0 Å². The van der Waals surface area contributed by atoms with E-state index in [-0.39, 0.29) is 24.4 Å². The highest BCUT2D eigenvalue weighted by atomic mass is 19.4. The van der Waals surface area contributed by atoms with Gasteiger partial charge < -0.3 is 5.32 Å². The van der Waals surface area contributed by atoms with Gasteiger partial charge in [-0.05, 0) is 31.9 Å². The Hall–Kier alpha value is -1.79. The molecule has 1 aliphatic carbocycles. The molecule has 20 heavy (non-hydrogen) atoms. The van der Waals surface area contributed by atoms with E-state index in [9.17, 15) is 18.0 Å². The molecule has 1 aromatic heterocycles. The molecule has 0 radical (unpaired) electrons. The summed E-state index contributed by atoms with van der Waals surface area (Å²) in [7, 11) is 0. The van der Waals surface area contributed by atoms with Crippen LogP contribution in [0, 0.1) is 0 Å². The summed E-state index contributed by atoms with van der Waals surface area (Å²) in [5.74, 6) is -0.199. The molecule has 0 bridgehead atoms. The van der Waals surface area contributed by atoms with Crippen LogP contribution in [-0.4, -0.2) is 21.7 Å². The fraction of sp³-hybridized carbons (Fsp3) is 0.538. The zero-order chi connectivity index (χ0) is 14.9. The Morgan fingerprint density at radius 3 is 2.80 bits per heavy atom. The first-order valence-electron chi connectivity index (χ1n) is 6.39. The van der Waals surface area contributed by atoms with Crippen LogP contribution in [0.4, 0.5) is 13.2 Å². The number of nitrogens with zero attached hydrogens (tertiary/aromatic N) is 2. The number of rotatable bonds is 5. The Morgan fingerprint density at radius 1 is 1.65 bits per heavy atom. The molecule has 1 atom stereocenters. The topological polar surface area (TPSA) is 46.9 Å². The molecule has 110 valence electrons. The van der Waals surface area contributed by atoms with Gasteiger partial charge in [-0.25, -0.2) is 0 Å². The average Bonchev–Trinajstić information content (AvgIpc) is 3.09. The Morgan fingerprint density at radius 2 is 2.30 bits per heavy atom. The van der Waals surface area contributed by atoms with Gasteiger partial charge in [0.25, 0.3) is 0 Å². The van der Waals surface area contributed by atoms with Gasteiger partial charge in [-0.3, -0.25) is 9.48 Å². The van der Waals surface area contributed by atoms with E-state index in [0.717, 1.165) is 25.0 Å². The number of nitrogens with one attached hydrogen (secondary N) is 1. The summed E-state index contributed by atoms with van der Waals surface area (Å²) in [5.41, 5.74) is -0.279. The number of halogens is 3. The second-order valence-electron chi connectivity index (χ2n) is 5.02. The lowest BCUT2D eigenvalue weighted by molar-refractivity contribution is -0.141. The maximum atomic E-state index is 12.7. The molecule has 1 unspecified atom stereocenters. The van der Waals surface area contributed by atoms with Crippen LogP contribution in [0.5, 0.6) is 0 Å². The maximum absolute atomic E-state index is 12.7. The van der Waals surface area contributed by atoms with E-state index in [1.807, 2.05) is 0 Å². The molecular formula is C13H16F3N3O. The van der Waals surface area contributed by atoms with Gasteiger partial charge in [0, 0.05) is 17.7 Å². The van der Waals surface area contributed by atoms with Crippen molar-refractivity contribution in [1.82, 2.24) is 15.1 Å². The minimum atomic E-state index is -4.44. The Labute approximate surface area is 114 Å². The first-order valence-corrected chi connectivity index (χ1v) is 6.39. The molecule has 1 saturated carbocycles. The van der Waals surface area contributed by atoms with Gasteiger partial charge in [0.1, 0.15) is 0 Å². The van der Waals surface area contributed by atoms with Crippen molar-refractivity contribution in [1.29, 1.82) is 0 Å². The fourth-order valence-corrected chi connectivity index (χ4v) is 2.03. The normalized spacial score (nSPS) is 16.8. The molecule has 1 heterocycles. The summed E-state index contributed by atoms with van der Waals surface area (Å²) in [6.07, 6.45) is -1.54. The number of carbonyl (C=O) groups is 1. The van der Waals surface area contributed by atoms with Crippen LogP contribution in [0.3, 0.4) is 0 Å². The number of aromatic nitrogens is 2. The maximum Gasteiger partial charge on any atom is 0.435 e. The van der Waals surface area contributed by atoms with Gasteiger partial charge in [-0.1, -0.05) is 6.58 Å². The van der Waals surface area contributed by atoms with Crippen molar-refractivity contribution in [3.8, 4) is 0 Å². The molecule has 0 aromatic carbocycles. The molecule has 0 saturated heterocycles. The minimum absolute atomic E-state index is 0.154. The quantitative estimate of drug-likeness (QED) is 0.846. The lowest BCUT2D eigenvalue weighted by atomic mass is 10.2. The van der Waals surface area contributed by atoms with Crippen molar-refractivity contribution in [3.63, 3.8) is 0 Å². The van der Waals surface area contributed by atoms with Crippen LogP contribution >= 0.6 is 0 Å². The Bertz CT molecular complexity index is 517. The van der Waals surface area contributed by atoms with Crippen molar-refractivity contribution in [2.24, 2.45) is 0 Å².